The average Bonchev–Trinajstić information content (AvgIpc) is 2.10. The summed E-state index contributed by atoms with van der Waals surface area (Å²) in [6.07, 6.45) is -16.9. The minimum atomic E-state index is -5.55. The second kappa shape index (κ2) is 5.62. The van der Waals surface area contributed by atoms with Crippen molar-refractivity contribution in [3.63, 3.8) is 0 Å². The van der Waals surface area contributed by atoms with Gasteiger partial charge in [0.05, 0.1) is 11.7 Å². The van der Waals surface area contributed by atoms with Gasteiger partial charge >= 0.3 is 12.4 Å². The number of hydrogen-bond donors (Lipinski definition) is 2. The van der Waals surface area contributed by atoms with Gasteiger partial charge in [0.15, 0.2) is 0 Å². The van der Waals surface area contributed by atoms with Crippen molar-refractivity contribution in [2.75, 3.05) is 6.54 Å². The number of aliphatic hydroxyl groups is 1. The van der Waals surface area contributed by atoms with Crippen LogP contribution >= 0.6 is 0 Å². The van der Waals surface area contributed by atoms with Crippen LogP contribution in [0, 0.1) is 0 Å². The van der Waals surface area contributed by atoms with Gasteiger partial charge in [-0.3, -0.25) is 0 Å². The van der Waals surface area contributed by atoms with Crippen LogP contribution in [0.1, 0.15) is 20.3 Å². The van der Waals surface area contributed by atoms with Crippen molar-refractivity contribution in [3.05, 3.63) is 0 Å². The molecule has 3 N–H and O–H groups in total. The molecule has 0 saturated heterocycles. The lowest BCUT2D eigenvalue weighted by Crippen LogP contribution is -2.47. The largest absolute Gasteiger partial charge is 0.423 e. The predicted molar refractivity (Wildman–Crippen MR) is 50.7 cm³/mol. The number of halogens is 6. The highest BCUT2D eigenvalue weighted by atomic mass is 19.4. The van der Waals surface area contributed by atoms with Gasteiger partial charge in [0.2, 0.25) is 6.10 Å². The van der Waals surface area contributed by atoms with Crippen LogP contribution in [0.25, 0.3) is 0 Å². The first-order chi connectivity index (χ1) is 7.79. The normalized spacial score (nSPS) is 18.8. The maximum Gasteiger partial charge on any atom is 0.423 e. The molecule has 0 heterocycles. The Hall–Kier alpha value is -0.540. The molecule has 0 aliphatic carbocycles. The maximum atomic E-state index is 12.2. The van der Waals surface area contributed by atoms with Crippen LogP contribution in [0.4, 0.5) is 26.3 Å². The van der Waals surface area contributed by atoms with Crippen LogP contribution in [0.15, 0.2) is 0 Å². The van der Waals surface area contributed by atoms with Crippen molar-refractivity contribution in [3.8, 4) is 0 Å². The molecule has 2 unspecified atom stereocenters. The zero-order valence-electron chi connectivity index (χ0n) is 9.77. The zero-order chi connectivity index (χ0) is 14.8. The molecule has 0 aliphatic heterocycles. The molecule has 0 radical (unpaired) electrons. The molecule has 0 aromatic heterocycles. The van der Waals surface area contributed by atoms with Crippen LogP contribution in [0.3, 0.4) is 0 Å². The van der Waals surface area contributed by atoms with E-state index in [1.807, 2.05) is 0 Å². The average molecular weight is 283 g/mol. The van der Waals surface area contributed by atoms with E-state index in [2.05, 4.69) is 4.74 Å². The minimum Gasteiger partial charge on any atom is -0.389 e. The lowest BCUT2D eigenvalue weighted by atomic mass is 9.99. The summed E-state index contributed by atoms with van der Waals surface area (Å²) in [5, 5.41) is 9.44. The fourth-order valence-corrected chi connectivity index (χ4v) is 1.32. The molecule has 110 valence electrons. The van der Waals surface area contributed by atoms with Crippen molar-refractivity contribution < 1.29 is 36.2 Å². The van der Waals surface area contributed by atoms with Gasteiger partial charge < -0.3 is 15.6 Å². The minimum absolute atomic E-state index is 0.302. The molecular formula is C9H15F6NO2. The summed E-state index contributed by atoms with van der Waals surface area (Å²) >= 11 is 0. The van der Waals surface area contributed by atoms with Gasteiger partial charge in [-0.25, -0.2) is 0 Å². The Bertz CT molecular complexity index is 249. The lowest BCUT2D eigenvalue weighted by Gasteiger charge is -2.30. The standard InChI is InChI=1S/C9H15F6NO2/c1-5(3-7(2,17)4-16)18-6(8(10,11)12)9(13,14)15/h5-6,17H,3-4,16H2,1-2H3. The Labute approximate surface area is 99.9 Å². The fourth-order valence-electron chi connectivity index (χ4n) is 1.32. The van der Waals surface area contributed by atoms with E-state index in [9.17, 15) is 31.4 Å². The van der Waals surface area contributed by atoms with E-state index in [4.69, 9.17) is 5.73 Å². The molecule has 0 aromatic rings. The SMILES string of the molecule is CC(CC(C)(O)CN)OC(C(F)(F)F)C(F)(F)F. The van der Waals surface area contributed by atoms with Gasteiger partial charge in [0, 0.05) is 13.0 Å². The second-order valence-corrected chi connectivity index (χ2v) is 4.32. The third kappa shape index (κ3) is 5.87. The molecule has 3 nitrogen and oxygen atoms in total. The van der Waals surface area contributed by atoms with E-state index < -0.39 is 36.6 Å². The summed E-state index contributed by atoms with van der Waals surface area (Å²) in [5.74, 6) is 0. The lowest BCUT2D eigenvalue weighted by molar-refractivity contribution is -0.331. The van der Waals surface area contributed by atoms with E-state index in [1.54, 1.807) is 0 Å². The highest BCUT2D eigenvalue weighted by molar-refractivity contribution is 4.81. The molecule has 0 aliphatic rings. The van der Waals surface area contributed by atoms with Crippen LogP contribution < -0.4 is 5.73 Å². The van der Waals surface area contributed by atoms with Crippen molar-refractivity contribution in [2.24, 2.45) is 5.73 Å². The smallest absolute Gasteiger partial charge is 0.389 e. The molecule has 0 amide bonds. The topological polar surface area (TPSA) is 55.5 Å². The summed E-state index contributed by atoms with van der Waals surface area (Å²) in [4.78, 5) is 0. The number of rotatable bonds is 5. The molecule has 0 rings (SSSR count). The monoisotopic (exact) mass is 283 g/mol. The number of ether oxygens (including phenoxy) is 1. The van der Waals surface area contributed by atoms with Crippen LogP contribution in [-0.2, 0) is 4.74 Å². The summed E-state index contributed by atoms with van der Waals surface area (Å²) in [5.41, 5.74) is 3.52. The van der Waals surface area contributed by atoms with Crippen LogP contribution in [0.2, 0.25) is 0 Å². The van der Waals surface area contributed by atoms with Gasteiger partial charge in [-0.05, 0) is 13.8 Å². The summed E-state index contributed by atoms with van der Waals surface area (Å²) in [6.45, 7) is 1.90. The molecule has 18 heavy (non-hydrogen) atoms. The van der Waals surface area contributed by atoms with Crippen molar-refractivity contribution >= 4 is 0 Å². The Morgan fingerprint density at radius 1 is 1.11 bits per heavy atom. The molecule has 0 saturated carbocycles. The third-order valence-electron chi connectivity index (χ3n) is 2.13. The molecule has 0 aromatic carbocycles. The van der Waals surface area contributed by atoms with Crippen molar-refractivity contribution in [2.45, 2.75) is 50.4 Å². The second-order valence-electron chi connectivity index (χ2n) is 4.32. The van der Waals surface area contributed by atoms with Crippen molar-refractivity contribution in [1.82, 2.24) is 0 Å². The summed E-state index contributed by atoms with van der Waals surface area (Å²) in [6, 6.07) is 0. The Morgan fingerprint density at radius 2 is 1.50 bits per heavy atom. The van der Waals surface area contributed by atoms with Gasteiger partial charge in [0.25, 0.3) is 0 Å². The predicted octanol–water partition coefficient (Wildman–Crippen LogP) is 1.98. The van der Waals surface area contributed by atoms with E-state index in [0.29, 0.717) is 0 Å². The molecule has 9 heteroatoms. The Kier molecular flexibility index (Phi) is 5.45. The first-order valence-electron chi connectivity index (χ1n) is 5.01. The molecule has 0 bridgehead atoms. The van der Waals surface area contributed by atoms with E-state index >= 15 is 0 Å². The first kappa shape index (κ1) is 17.5. The maximum absolute atomic E-state index is 12.2. The van der Waals surface area contributed by atoms with Gasteiger partial charge in [-0.1, -0.05) is 0 Å². The molecule has 0 spiro atoms. The molecule has 2 atom stereocenters. The van der Waals surface area contributed by atoms with Crippen LogP contribution in [-0.4, -0.2) is 41.8 Å². The van der Waals surface area contributed by atoms with E-state index in [0.717, 1.165) is 6.92 Å². The summed E-state index contributed by atoms with van der Waals surface area (Å²) < 4.78 is 76.9. The van der Waals surface area contributed by atoms with Gasteiger partial charge in [0.1, 0.15) is 0 Å². The van der Waals surface area contributed by atoms with Crippen LogP contribution in [0.5, 0.6) is 0 Å². The number of alkyl halides is 6. The number of hydrogen-bond acceptors (Lipinski definition) is 3. The zero-order valence-corrected chi connectivity index (χ0v) is 9.77. The highest BCUT2D eigenvalue weighted by Gasteiger charge is 2.58. The van der Waals surface area contributed by atoms with Crippen molar-refractivity contribution in [1.29, 1.82) is 0 Å². The van der Waals surface area contributed by atoms with E-state index in [-0.39, 0.29) is 6.54 Å². The molecule has 0 fully saturated rings. The van der Waals surface area contributed by atoms with Gasteiger partial charge in [-0.15, -0.1) is 0 Å². The Morgan fingerprint density at radius 3 is 1.78 bits per heavy atom. The third-order valence-corrected chi connectivity index (χ3v) is 2.13. The highest BCUT2D eigenvalue weighted by Crippen LogP contribution is 2.36. The fraction of sp³-hybridized carbons (Fsp3) is 1.00. The quantitative estimate of drug-likeness (QED) is 0.759. The molecular weight excluding hydrogens is 268 g/mol. The van der Waals surface area contributed by atoms with Gasteiger partial charge in [-0.2, -0.15) is 26.3 Å². The van der Waals surface area contributed by atoms with E-state index in [1.165, 1.54) is 6.92 Å². The first-order valence-corrected chi connectivity index (χ1v) is 5.01. The summed E-state index contributed by atoms with van der Waals surface area (Å²) in [7, 11) is 0. The Balaban J connectivity index is 4.72. The number of nitrogens with two attached hydrogens (primary N) is 1.